The van der Waals surface area contributed by atoms with Gasteiger partial charge in [0.2, 0.25) is 17.8 Å². The number of hydrogen-bond acceptors (Lipinski definition) is 12. The molecular weight excluding hydrogens is 809 g/mol. The first kappa shape index (κ1) is 40.8. The SMILES string of the molecule is Cc1nc2c(F)cc(-c3nc(Nc4ccc(CN5CCC(CN6CC7CCC(C6)N7c6ccc7c(c6)C(=O)N(C6CCC(=O)NC6=O)C7=O)CC5)cn4)ncc3F)cc2n1C(C)C. The first-order valence-corrected chi connectivity index (χ1v) is 21.9. The van der Waals surface area contributed by atoms with E-state index in [4.69, 9.17) is 0 Å². The number of imide groups is 2. The van der Waals surface area contributed by atoms with Crippen LogP contribution in [0.25, 0.3) is 22.3 Å². The second-order valence-corrected chi connectivity index (χ2v) is 17.9. The third-order valence-corrected chi connectivity index (χ3v) is 13.4. The molecule has 10 rings (SSSR count). The highest BCUT2D eigenvalue weighted by atomic mass is 19.1. The van der Waals surface area contributed by atoms with E-state index in [1.807, 2.05) is 55.8 Å². The highest BCUT2D eigenvalue weighted by molar-refractivity contribution is 6.23. The summed E-state index contributed by atoms with van der Waals surface area (Å²) in [6, 6.07) is 12.0. The van der Waals surface area contributed by atoms with Gasteiger partial charge in [0.1, 0.15) is 28.9 Å². The van der Waals surface area contributed by atoms with Gasteiger partial charge in [0.05, 0.1) is 22.8 Å². The van der Waals surface area contributed by atoms with Crippen molar-refractivity contribution in [2.24, 2.45) is 5.92 Å². The number of anilines is 3. The van der Waals surface area contributed by atoms with Gasteiger partial charge in [0.15, 0.2) is 11.6 Å². The van der Waals surface area contributed by atoms with E-state index in [0.29, 0.717) is 51.9 Å². The van der Waals surface area contributed by atoms with Crippen LogP contribution in [0.3, 0.4) is 0 Å². The van der Waals surface area contributed by atoms with E-state index >= 15 is 8.78 Å². The molecule has 63 heavy (non-hydrogen) atoms. The lowest BCUT2D eigenvalue weighted by atomic mass is 9.95. The largest absolute Gasteiger partial charge is 0.363 e. The van der Waals surface area contributed by atoms with E-state index in [-0.39, 0.29) is 36.0 Å². The van der Waals surface area contributed by atoms with Gasteiger partial charge >= 0.3 is 0 Å². The van der Waals surface area contributed by atoms with Gasteiger partial charge < -0.3 is 14.8 Å². The van der Waals surface area contributed by atoms with Crippen molar-refractivity contribution in [3.8, 4) is 11.3 Å². The lowest BCUT2D eigenvalue weighted by Gasteiger charge is -2.44. The summed E-state index contributed by atoms with van der Waals surface area (Å²) in [5, 5.41) is 5.33. The third-order valence-electron chi connectivity index (χ3n) is 13.4. The molecule has 0 aliphatic carbocycles. The zero-order valence-electron chi connectivity index (χ0n) is 35.5. The Morgan fingerprint density at radius 1 is 0.825 bits per heavy atom. The maximum atomic E-state index is 15.2. The number of likely N-dealkylation sites (tertiary alicyclic amines) is 2. The number of imidazole rings is 1. The van der Waals surface area contributed by atoms with Crippen LogP contribution in [0.5, 0.6) is 0 Å². The minimum Gasteiger partial charge on any atom is -0.363 e. The number of aryl methyl sites for hydroxylation is 1. The summed E-state index contributed by atoms with van der Waals surface area (Å²) in [6.07, 6.45) is 7.47. The van der Waals surface area contributed by atoms with E-state index < -0.39 is 41.3 Å². The molecule has 5 aliphatic rings. The summed E-state index contributed by atoms with van der Waals surface area (Å²) in [7, 11) is 0. The first-order chi connectivity index (χ1) is 30.4. The van der Waals surface area contributed by atoms with Gasteiger partial charge in [-0.25, -0.2) is 28.7 Å². The van der Waals surface area contributed by atoms with Crippen LogP contribution in [0, 0.1) is 24.5 Å². The maximum absolute atomic E-state index is 15.2. The fourth-order valence-electron chi connectivity index (χ4n) is 10.5. The number of amides is 4. The van der Waals surface area contributed by atoms with Crippen LogP contribution < -0.4 is 15.5 Å². The van der Waals surface area contributed by atoms with Gasteiger partial charge in [-0.15, -0.1) is 0 Å². The maximum Gasteiger partial charge on any atom is 0.262 e. The number of rotatable bonds is 10. The monoisotopic (exact) mass is 857 g/mol. The average Bonchev–Trinajstić information content (AvgIpc) is 3.84. The quantitative estimate of drug-likeness (QED) is 0.164. The zero-order valence-corrected chi connectivity index (χ0v) is 35.5. The van der Waals surface area contributed by atoms with Crippen LogP contribution >= 0.6 is 0 Å². The van der Waals surface area contributed by atoms with Crippen LogP contribution in [-0.2, 0) is 16.1 Å². The molecule has 5 aromatic rings. The molecule has 3 atom stereocenters. The number of nitrogens with zero attached hydrogens (tertiary/aromatic N) is 9. The van der Waals surface area contributed by atoms with Crippen molar-refractivity contribution < 1.29 is 28.0 Å². The number of nitrogens with one attached hydrogen (secondary N) is 2. The molecule has 3 aromatic heterocycles. The number of halogens is 2. The molecule has 2 bridgehead atoms. The van der Waals surface area contributed by atoms with Crippen LogP contribution in [0.2, 0.25) is 0 Å². The summed E-state index contributed by atoms with van der Waals surface area (Å²) in [6.45, 7) is 11.5. The van der Waals surface area contributed by atoms with Gasteiger partial charge in [-0.05, 0) is 114 Å². The van der Waals surface area contributed by atoms with Gasteiger partial charge in [0, 0.05) is 68.2 Å². The lowest BCUT2D eigenvalue weighted by Crippen LogP contribution is -2.55. The summed E-state index contributed by atoms with van der Waals surface area (Å²) in [4.78, 5) is 77.0. The lowest BCUT2D eigenvalue weighted by molar-refractivity contribution is -0.136. The zero-order chi connectivity index (χ0) is 43.7. The second-order valence-electron chi connectivity index (χ2n) is 17.9. The van der Waals surface area contributed by atoms with Gasteiger partial charge in [-0.1, -0.05) is 6.07 Å². The summed E-state index contributed by atoms with van der Waals surface area (Å²) < 4.78 is 32.2. The fourth-order valence-corrected chi connectivity index (χ4v) is 10.5. The average molecular weight is 858 g/mol. The summed E-state index contributed by atoms with van der Waals surface area (Å²) in [5.41, 5.74) is 3.73. The van der Waals surface area contributed by atoms with E-state index in [1.165, 1.54) is 6.07 Å². The number of carbonyl (C=O) groups excluding carboxylic acids is 4. The number of carbonyl (C=O) groups is 4. The topological polar surface area (TPSA) is 162 Å². The van der Waals surface area contributed by atoms with E-state index in [0.717, 1.165) is 87.3 Å². The molecule has 2 N–H and O–H groups in total. The van der Waals surface area contributed by atoms with E-state index in [2.05, 4.69) is 45.3 Å². The van der Waals surface area contributed by atoms with Crippen LogP contribution in [-0.4, -0.2) is 114 Å². The minimum absolute atomic E-state index is 0.0201. The Labute approximate surface area is 362 Å². The van der Waals surface area contributed by atoms with Crippen molar-refractivity contribution in [1.29, 1.82) is 0 Å². The van der Waals surface area contributed by atoms with Gasteiger partial charge in [-0.2, -0.15) is 0 Å². The highest BCUT2D eigenvalue weighted by Gasteiger charge is 2.46. The van der Waals surface area contributed by atoms with Gasteiger partial charge in [0.25, 0.3) is 11.8 Å². The molecule has 2 aromatic carbocycles. The molecule has 3 unspecified atom stereocenters. The van der Waals surface area contributed by atoms with Crippen LogP contribution in [0.1, 0.15) is 90.5 Å². The number of fused-ring (bicyclic) bond motifs is 4. The molecule has 4 saturated heterocycles. The predicted molar refractivity (Wildman–Crippen MR) is 230 cm³/mol. The Hall–Kier alpha value is -6.20. The van der Waals surface area contributed by atoms with Crippen LogP contribution in [0.15, 0.2) is 54.9 Å². The number of benzene rings is 2. The van der Waals surface area contributed by atoms with Crippen molar-refractivity contribution in [1.82, 2.24) is 44.5 Å². The standard InChI is InChI=1S/C46H49F2N11O4/c1-25(2)57-26(3)51-42-35(47)16-29(17-38(42)57)41-36(48)20-50-46(54-41)52-39-10-4-28(19-49-39)22-55-14-12-27(13-15-55)21-56-23-31-5-6-32(24-56)58(31)30-7-8-33-34(18-30)45(63)59(44(33)62)37-9-11-40(60)53-43(37)61/h4,7-8,10,16-20,25,27,31-32,37H,5-6,9,11-15,21-24H2,1-3H3,(H,53,60,61)(H,49,50,52,54). The molecule has 4 fully saturated rings. The molecular formula is C46H49F2N11O4. The highest BCUT2D eigenvalue weighted by Crippen LogP contribution is 2.39. The molecule has 0 saturated carbocycles. The molecule has 17 heteroatoms. The van der Waals surface area contributed by atoms with Crippen molar-refractivity contribution in [2.45, 2.75) is 90.0 Å². The third kappa shape index (κ3) is 7.60. The molecule has 15 nitrogen and oxygen atoms in total. The smallest absolute Gasteiger partial charge is 0.262 e. The summed E-state index contributed by atoms with van der Waals surface area (Å²) >= 11 is 0. The van der Waals surface area contributed by atoms with Gasteiger partial charge in [-0.3, -0.25) is 39.2 Å². The van der Waals surface area contributed by atoms with Crippen molar-refractivity contribution in [2.75, 3.05) is 42.9 Å². The summed E-state index contributed by atoms with van der Waals surface area (Å²) in [5.74, 6) is -1.23. The molecule has 5 aliphatic heterocycles. The fraction of sp³-hybridized carbons (Fsp3) is 0.435. The van der Waals surface area contributed by atoms with Crippen molar-refractivity contribution in [3.63, 3.8) is 0 Å². The number of pyridine rings is 1. The predicted octanol–water partition coefficient (Wildman–Crippen LogP) is 5.77. The Morgan fingerprint density at radius 3 is 2.30 bits per heavy atom. The normalized spacial score (nSPS) is 22.2. The van der Waals surface area contributed by atoms with E-state index in [1.54, 1.807) is 12.1 Å². The number of piperidine rings is 2. The van der Waals surface area contributed by atoms with Crippen molar-refractivity contribution in [3.05, 3.63) is 89.0 Å². The molecule has 0 radical (unpaired) electrons. The minimum atomic E-state index is -0.978. The Morgan fingerprint density at radius 2 is 1.59 bits per heavy atom. The Bertz CT molecular complexity index is 2650. The molecule has 326 valence electrons. The first-order valence-electron chi connectivity index (χ1n) is 21.9. The van der Waals surface area contributed by atoms with Crippen molar-refractivity contribution >= 4 is 52.1 Å². The van der Waals surface area contributed by atoms with Crippen LogP contribution in [0.4, 0.5) is 26.2 Å². The second kappa shape index (κ2) is 16.2. The molecule has 8 heterocycles. The number of aromatic nitrogens is 5. The number of piperazine rings is 1. The van der Waals surface area contributed by atoms with E-state index in [9.17, 15) is 19.2 Å². The Balaban J connectivity index is 0.716. The Kier molecular flexibility index (Phi) is 10.5. The number of hydrogen-bond donors (Lipinski definition) is 2. The molecule has 4 amide bonds. The molecule has 0 spiro atoms.